The van der Waals surface area contributed by atoms with E-state index in [0.29, 0.717) is 19.0 Å². The lowest BCUT2D eigenvalue weighted by molar-refractivity contribution is -0.146. The fourth-order valence-corrected chi connectivity index (χ4v) is 2.82. The van der Waals surface area contributed by atoms with Gasteiger partial charge < -0.3 is 20.3 Å². The average Bonchev–Trinajstić information content (AvgIpc) is 2.97. The summed E-state index contributed by atoms with van der Waals surface area (Å²) < 4.78 is 4.84. The largest absolute Gasteiger partial charge is 0.469 e. The Kier molecular flexibility index (Phi) is 6.17. The fourth-order valence-electron chi connectivity index (χ4n) is 2.82. The van der Waals surface area contributed by atoms with Gasteiger partial charge >= 0.3 is 5.97 Å². The number of nitrogens with one attached hydrogen (secondary N) is 2. The standard InChI is InChI=1S/C17H24N4O3/c1-12-10-21(11-14(12)16(23)24-3)17(18-2)19-9-15(22)20-13-7-5-4-6-8-13/h4-8,12,14H,9-11H2,1-3H3,(H,18,19)(H,20,22). The number of amides is 1. The van der Waals surface area contributed by atoms with Gasteiger partial charge in [-0.3, -0.25) is 14.6 Å². The molecule has 1 aromatic rings. The summed E-state index contributed by atoms with van der Waals surface area (Å²) in [5, 5.41) is 5.85. The molecule has 0 bridgehead atoms. The summed E-state index contributed by atoms with van der Waals surface area (Å²) in [4.78, 5) is 30.0. The second-order valence-electron chi connectivity index (χ2n) is 5.83. The minimum Gasteiger partial charge on any atom is -0.469 e. The van der Waals surface area contributed by atoms with Crippen molar-refractivity contribution in [2.24, 2.45) is 16.8 Å². The van der Waals surface area contributed by atoms with Crippen LogP contribution in [-0.2, 0) is 14.3 Å². The molecule has 1 saturated heterocycles. The van der Waals surface area contributed by atoms with Gasteiger partial charge in [0.2, 0.25) is 5.91 Å². The van der Waals surface area contributed by atoms with Crippen LogP contribution in [0.15, 0.2) is 35.3 Å². The lowest BCUT2D eigenvalue weighted by Gasteiger charge is -2.21. The van der Waals surface area contributed by atoms with E-state index in [-0.39, 0.29) is 30.3 Å². The van der Waals surface area contributed by atoms with Crippen LogP contribution in [0.4, 0.5) is 5.69 Å². The van der Waals surface area contributed by atoms with Crippen molar-refractivity contribution in [3.63, 3.8) is 0 Å². The van der Waals surface area contributed by atoms with E-state index in [2.05, 4.69) is 15.6 Å². The van der Waals surface area contributed by atoms with Gasteiger partial charge in [0.15, 0.2) is 5.96 Å². The highest BCUT2D eigenvalue weighted by Crippen LogP contribution is 2.23. The van der Waals surface area contributed by atoms with Crippen molar-refractivity contribution in [2.45, 2.75) is 6.92 Å². The van der Waals surface area contributed by atoms with Gasteiger partial charge in [0, 0.05) is 25.8 Å². The van der Waals surface area contributed by atoms with Crippen LogP contribution in [0, 0.1) is 11.8 Å². The first-order valence-electron chi connectivity index (χ1n) is 7.93. The Labute approximate surface area is 142 Å². The molecule has 1 heterocycles. The first kappa shape index (κ1) is 17.8. The molecule has 130 valence electrons. The normalized spacial score (nSPS) is 20.6. The van der Waals surface area contributed by atoms with E-state index in [9.17, 15) is 9.59 Å². The Balaban J connectivity index is 1.87. The number of carbonyl (C=O) groups excluding carboxylic acids is 2. The van der Waals surface area contributed by atoms with Gasteiger partial charge in [-0.15, -0.1) is 0 Å². The molecule has 1 fully saturated rings. The van der Waals surface area contributed by atoms with E-state index in [4.69, 9.17) is 4.74 Å². The average molecular weight is 332 g/mol. The number of rotatable bonds is 4. The van der Waals surface area contributed by atoms with E-state index >= 15 is 0 Å². The maximum Gasteiger partial charge on any atom is 0.310 e. The predicted octanol–water partition coefficient (Wildman–Crippen LogP) is 0.941. The highest BCUT2D eigenvalue weighted by Gasteiger charge is 2.36. The van der Waals surface area contributed by atoms with Crippen LogP contribution in [0.25, 0.3) is 0 Å². The third-order valence-electron chi connectivity index (χ3n) is 4.09. The SMILES string of the molecule is CN=C(NCC(=O)Nc1ccccc1)N1CC(C)C(C(=O)OC)C1. The molecule has 0 aliphatic carbocycles. The van der Waals surface area contributed by atoms with Gasteiger partial charge in [-0.2, -0.15) is 0 Å². The van der Waals surface area contributed by atoms with Crippen molar-refractivity contribution in [3.8, 4) is 0 Å². The lowest BCUT2D eigenvalue weighted by Crippen LogP contribution is -2.43. The molecular formula is C17H24N4O3. The molecule has 1 amide bonds. The highest BCUT2D eigenvalue weighted by atomic mass is 16.5. The van der Waals surface area contributed by atoms with Crippen molar-refractivity contribution < 1.29 is 14.3 Å². The Hall–Kier alpha value is -2.57. The summed E-state index contributed by atoms with van der Waals surface area (Å²) in [6, 6.07) is 9.27. The summed E-state index contributed by atoms with van der Waals surface area (Å²) >= 11 is 0. The number of ether oxygens (including phenoxy) is 1. The van der Waals surface area contributed by atoms with Crippen molar-refractivity contribution >= 4 is 23.5 Å². The summed E-state index contributed by atoms with van der Waals surface area (Å²) in [6.45, 7) is 3.35. The van der Waals surface area contributed by atoms with E-state index in [1.54, 1.807) is 7.05 Å². The van der Waals surface area contributed by atoms with Crippen molar-refractivity contribution in [1.29, 1.82) is 0 Å². The van der Waals surface area contributed by atoms with Crippen molar-refractivity contribution in [3.05, 3.63) is 30.3 Å². The maximum atomic E-state index is 12.0. The second-order valence-corrected chi connectivity index (χ2v) is 5.83. The smallest absolute Gasteiger partial charge is 0.310 e. The van der Waals surface area contributed by atoms with Crippen LogP contribution >= 0.6 is 0 Å². The molecule has 1 aliphatic heterocycles. The quantitative estimate of drug-likeness (QED) is 0.487. The van der Waals surface area contributed by atoms with Crippen molar-refractivity contribution in [2.75, 3.05) is 39.1 Å². The number of hydrogen-bond acceptors (Lipinski definition) is 4. The fraction of sp³-hybridized carbons (Fsp3) is 0.471. The summed E-state index contributed by atoms with van der Waals surface area (Å²) in [5.74, 6) is 0.249. The van der Waals surface area contributed by atoms with Gasteiger partial charge in [0.05, 0.1) is 19.6 Å². The summed E-state index contributed by atoms with van der Waals surface area (Å²) in [6.07, 6.45) is 0. The lowest BCUT2D eigenvalue weighted by atomic mass is 9.99. The third kappa shape index (κ3) is 4.47. The molecule has 0 radical (unpaired) electrons. The molecule has 0 aromatic heterocycles. The molecule has 0 saturated carbocycles. The maximum absolute atomic E-state index is 12.0. The van der Waals surface area contributed by atoms with Crippen LogP contribution in [0.1, 0.15) is 6.92 Å². The molecule has 7 nitrogen and oxygen atoms in total. The molecule has 2 N–H and O–H groups in total. The van der Waals surface area contributed by atoms with E-state index in [1.807, 2.05) is 42.2 Å². The van der Waals surface area contributed by atoms with Gasteiger partial charge in [-0.25, -0.2) is 0 Å². The molecule has 24 heavy (non-hydrogen) atoms. The van der Waals surface area contributed by atoms with Gasteiger partial charge in [0.1, 0.15) is 0 Å². The first-order valence-corrected chi connectivity index (χ1v) is 7.93. The second kappa shape index (κ2) is 8.33. The number of hydrogen-bond donors (Lipinski definition) is 2. The molecule has 2 rings (SSSR count). The number of para-hydroxylation sites is 1. The number of carbonyl (C=O) groups is 2. The number of aliphatic imine (C=N–C) groups is 1. The van der Waals surface area contributed by atoms with Crippen LogP contribution in [0.2, 0.25) is 0 Å². The number of likely N-dealkylation sites (tertiary alicyclic amines) is 1. The molecule has 1 aliphatic rings. The summed E-state index contributed by atoms with van der Waals surface area (Å²) in [5.41, 5.74) is 0.750. The van der Waals surface area contributed by atoms with E-state index in [0.717, 1.165) is 5.69 Å². The van der Waals surface area contributed by atoms with Crippen LogP contribution in [0.3, 0.4) is 0 Å². The van der Waals surface area contributed by atoms with Gasteiger partial charge in [0.25, 0.3) is 0 Å². The van der Waals surface area contributed by atoms with Crippen molar-refractivity contribution in [1.82, 2.24) is 10.2 Å². The Bertz CT molecular complexity index is 603. The molecule has 1 aromatic carbocycles. The Morgan fingerprint density at radius 1 is 1.29 bits per heavy atom. The first-order chi connectivity index (χ1) is 11.5. The molecule has 0 spiro atoms. The Morgan fingerprint density at radius 3 is 2.62 bits per heavy atom. The highest BCUT2D eigenvalue weighted by molar-refractivity contribution is 5.95. The zero-order valence-electron chi connectivity index (χ0n) is 14.3. The van der Waals surface area contributed by atoms with Crippen LogP contribution in [-0.4, -0.2) is 56.5 Å². The molecular weight excluding hydrogens is 308 g/mol. The van der Waals surface area contributed by atoms with Gasteiger partial charge in [-0.05, 0) is 18.1 Å². The monoisotopic (exact) mass is 332 g/mol. The van der Waals surface area contributed by atoms with Crippen LogP contribution in [0.5, 0.6) is 0 Å². The number of methoxy groups -OCH3 is 1. The topological polar surface area (TPSA) is 83.0 Å². The minimum atomic E-state index is -0.206. The van der Waals surface area contributed by atoms with E-state index < -0.39 is 0 Å². The number of anilines is 1. The predicted molar refractivity (Wildman–Crippen MR) is 92.7 cm³/mol. The molecule has 2 unspecified atom stereocenters. The molecule has 2 atom stereocenters. The zero-order chi connectivity index (χ0) is 17.5. The number of guanidine groups is 1. The minimum absolute atomic E-state index is 0.106. The van der Waals surface area contributed by atoms with E-state index in [1.165, 1.54) is 7.11 Å². The number of benzene rings is 1. The zero-order valence-corrected chi connectivity index (χ0v) is 14.3. The molecule has 7 heteroatoms. The Morgan fingerprint density at radius 2 is 2.00 bits per heavy atom. The number of esters is 1. The third-order valence-corrected chi connectivity index (χ3v) is 4.09. The summed E-state index contributed by atoms with van der Waals surface area (Å²) in [7, 11) is 3.06. The van der Waals surface area contributed by atoms with Gasteiger partial charge in [-0.1, -0.05) is 25.1 Å². The van der Waals surface area contributed by atoms with Crippen LogP contribution < -0.4 is 10.6 Å². The number of nitrogens with zero attached hydrogens (tertiary/aromatic N) is 2.